The lowest BCUT2D eigenvalue weighted by Gasteiger charge is -2.15. The molecule has 0 amide bonds. The average Bonchev–Trinajstić information content (AvgIpc) is 2.70. The van der Waals surface area contributed by atoms with Gasteiger partial charge in [-0.2, -0.15) is 0 Å². The molecule has 0 aliphatic heterocycles. The summed E-state index contributed by atoms with van der Waals surface area (Å²) in [6, 6.07) is 16.8. The van der Waals surface area contributed by atoms with Crippen LogP contribution in [0.15, 0.2) is 71.6 Å². The molecule has 0 atom stereocenters. The van der Waals surface area contributed by atoms with E-state index in [9.17, 15) is 13.2 Å². The summed E-state index contributed by atoms with van der Waals surface area (Å²) in [5.41, 5.74) is 0.0832. The van der Waals surface area contributed by atoms with E-state index in [4.69, 9.17) is 27.9 Å². The first-order chi connectivity index (χ1) is 13.8. The third kappa shape index (κ3) is 4.82. The van der Waals surface area contributed by atoms with E-state index in [2.05, 4.69) is 9.46 Å². The smallest absolute Gasteiger partial charge is 0.339 e. The molecule has 3 aromatic carbocycles. The van der Waals surface area contributed by atoms with Gasteiger partial charge in [-0.15, -0.1) is 0 Å². The average molecular weight is 452 g/mol. The van der Waals surface area contributed by atoms with Gasteiger partial charge in [-0.1, -0.05) is 47.5 Å². The molecule has 0 fully saturated rings. The number of esters is 1. The predicted molar refractivity (Wildman–Crippen MR) is 112 cm³/mol. The third-order valence-corrected chi connectivity index (χ3v) is 5.78. The summed E-state index contributed by atoms with van der Waals surface area (Å²) in [7, 11) is -2.94. The van der Waals surface area contributed by atoms with Crippen LogP contribution < -0.4 is 9.46 Å². The molecule has 3 rings (SSSR count). The molecule has 0 unspecified atom stereocenters. The number of sulfonamides is 1. The Labute approximate surface area is 178 Å². The number of hydrogen-bond donors (Lipinski definition) is 1. The van der Waals surface area contributed by atoms with E-state index in [0.29, 0.717) is 10.8 Å². The second-order valence-electron chi connectivity index (χ2n) is 5.77. The van der Waals surface area contributed by atoms with Crippen LogP contribution in [0.25, 0.3) is 0 Å². The van der Waals surface area contributed by atoms with E-state index in [-0.39, 0.29) is 26.9 Å². The van der Waals surface area contributed by atoms with Gasteiger partial charge in [0.05, 0.1) is 23.4 Å². The predicted octanol–water partition coefficient (Wildman–Crippen LogP) is 5.37. The molecule has 9 heteroatoms. The van der Waals surface area contributed by atoms with Crippen molar-refractivity contribution in [2.75, 3.05) is 11.8 Å². The minimum Gasteiger partial charge on any atom is -0.465 e. The molecule has 29 heavy (non-hydrogen) atoms. The fraction of sp³-hybridized carbons (Fsp3) is 0.0500. The van der Waals surface area contributed by atoms with Crippen molar-refractivity contribution < 1.29 is 22.7 Å². The largest absolute Gasteiger partial charge is 0.465 e. The Hall–Kier alpha value is -2.74. The Kier molecular flexibility index (Phi) is 6.32. The zero-order valence-corrected chi connectivity index (χ0v) is 17.4. The minimum absolute atomic E-state index is 0.0818. The summed E-state index contributed by atoms with van der Waals surface area (Å²) in [6.45, 7) is 0. The molecule has 0 radical (unpaired) electrons. The van der Waals surface area contributed by atoms with Crippen LogP contribution in [-0.4, -0.2) is 21.5 Å². The maximum Gasteiger partial charge on any atom is 0.339 e. The fourth-order valence-electron chi connectivity index (χ4n) is 2.50. The number of methoxy groups -OCH3 is 1. The molecule has 150 valence electrons. The number of halogens is 2. The monoisotopic (exact) mass is 451 g/mol. The summed E-state index contributed by atoms with van der Waals surface area (Å²) >= 11 is 12.0. The quantitative estimate of drug-likeness (QED) is 0.509. The number of nitrogens with one attached hydrogen (secondary N) is 1. The lowest BCUT2D eigenvalue weighted by Crippen LogP contribution is -2.17. The van der Waals surface area contributed by atoms with Gasteiger partial charge in [0.2, 0.25) is 0 Å². The third-order valence-electron chi connectivity index (χ3n) is 3.83. The summed E-state index contributed by atoms with van der Waals surface area (Å²) < 4.78 is 38.8. The van der Waals surface area contributed by atoms with Crippen LogP contribution in [0.4, 0.5) is 5.69 Å². The van der Waals surface area contributed by atoms with E-state index < -0.39 is 16.0 Å². The molecule has 0 aliphatic rings. The van der Waals surface area contributed by atoms with Gasteiger partial charge in [0.1, 0.15) is 10.6 Å². The minimum atomic E-state index is -4.12. The molecule has 0 saturated carbocycles. The van der Waals surface area contributed by atoms with Gasteiger partial charge in [0, 0.05) is 5.02 Å². The molecule has 0 bridgehead atoms. The van der Waals surface area contributed by atoms with Crippen molar-refractivity contribution in [3.8, 4) is 11.5 Å². The van der Waals surface area contributed by atoms with Gasteiger partial charge < -0.3 is 9.47 Å². The van der Waals surface area contributed by atoms with Crippen molar-refractivity contribution in [2.24, 2.45) is 0 Å². The van der Waals surface area contributed by atoms with Crippen molar-refractivity contribution in [3.05, 3.63) is 82.3 Å². The van der Waals surface area contributed by atoms with Crippen molar-refractivity contribution in [3.63, 3.8) is 0 Å². The molecular formula is C20H15Cl2NO5S. The molecule has 0 spiro atoms. The number of carbonyl (C=O) groups excluding carboxylic acids is 1. The Morgan fingerprint density at radius 2 is 1.62 bits per heavy atom. The van der Waals surface area contributed by atoms with E-state index in [0.717, 1.165) is 0 Å². The van der Waals surface area contributed by atoms with E-state index in [1.807, 2.05) is 0 Å². The van der Waals surface area contributed by atoms with Crippen LogP contribution in [0, 0.1) is 0 Å². The Balaban J connectivity index is 1.96. The second kappa shape index (κ2) is 8.73. The number of para-hydroxylation sites is 2. The number of carbonyl (C=O) groups is 1. The summed E-state index contributed by atoms with van der Waals surface area (Å²) in [5, 5.41) is 0.710. The highest BCUT2D eigenvalue weighted by atomic mass is 35.5. The van der Waals surface area contributed by atoms with E-state index >= 15 is 0 Å². The molecule has 3 aromatic rings. The lowest BCUT2D eigenvalue weighted by molar-refractivity contribution is 0.0596. The first-order valence-corrected chi connectivity index (χ1v) is 10.5. The Morgan fingerprint density at radius 3 is 2.34 bits per heavy atom. The zero-order valence-electron chi connectivity index (χ0n) is 15.1. The van der Waals surface area contributed by atoms with Crippen molar-refractivity contribution in [1.29, 1.82) is 0 Å². The first kappa shape index (κ1) is 21.0. The highest BCUT2D eigenvalue weighted by Gasteiger charge is 2.24. The van der Waals surface area contributed by atoms with Gasteiger partial charge in [0.25, 0.3) is 10.0 Å². The van der Waals surface area contributed by atoms with Crippen LogP contribution in [0.1, 0.15) is 10.4 Å². The van der Waals surface area contributed by atoms with Crippen molar-refractivity contribution >= 4 is 44.9 Å². The number of ether oxygens (including phenoxy) is 2. The van der Waals surface area contributed by atoms with Gasteiger partial charge in [-0.05, 0) is 42.5 Å². The standard InChI is InChI=1S/C20H15Cl2NO5S/c1-27-20(24)14-6-2-5-9-19(14)29(25,26)23-16-7-3-4-8-18(16)28-17-11-10-13(21)12-15(17)22/h2-12,23H,1H3. The van der Waals surface area contributed by atoms with E-state index in [1.165, 1.54) is 37.4 Å². The Morgan fingerprint density at radius 1 is 0.931 bits per heavy atom. The number of anilines is 1. The molecule has 0 aliphatic carbocycles. The van der Waals surface area contributed by atoms with E-state index in [1.54, 1.807) is 36.4 Å². The van der Waals surface area contributed by atoms with Gasteiger partial charge >= 0.3 is 5.97 Å². The molecule has 0 saturated heterocycles. The maximum atomic E-state index is 12.9. The van der Waals surface area contributed by atoms with Gasteiger partial charge in [0.15, 0.2) is 5.75 Å². The highest BCUT2D eigenvalue weighted by Crippen LogP contribution is 2.36. The summed E-state index contributed by atoms with van der Waals surface area (Å²) in [6.07, 6.45) is 0. The van der Waals surface area contributed by atoms with Gasteiger partial charge in [-0.3, -0.25) is 4.72 Å². The van der Waals surface area contributed by atoms with Gasteiger partial charge in [-0.25, -0.2) is 13.2 Å². The molecular weight excluding hydrogens is 437 g/mol. The first-order valence-electron chi connectivity index (χ1n) is 8.24. The van der Waals surface area contributed by atoms with Crippen molar-refractivity contribution in [2.45, 2.75) is 4.90 Å². The number of benzene rings is 3. The Bertz CT molecular complexity index is 1170. The molecule has 0 heterocycles. The maximum absolute atomic E-state index is 12.9. The van der Waals surface area contributed by atoms with Crippen LogP contribution in [-0.2, 0) is 14.8 Å². The molecule has 1 N–H and O–H groups in total. The van der Waals surface area contributed by atoms with Crippen LogP contribution >= 0.6 is 23.2 Å². The van der Waals surface area contributed by atoms with Crippen LogP contribution in [0.3, 0.4) is 0 Å². The lowest BCUT2D eigenvalue weighted by atomic mass is 10.2. The summed E-state index contributed by atoms with van der Waals surface area (Å²) in [5.74, 6) is -0.239. The normalized spacial score (nSPS) is 11.0. The zero-order chi connectivity index (χ0) is 21.0. The highest BCUT2D eigenvalue weighted by molar-refractivity contribution is 7.92. The fourth-order valence-corrected chi connectivity index (χ4v) is 4.21. The van der Waals surface area contributed by atoms with Crippen LogP contribution in [0.2, 0.25) is 10.0 Å². The molecule has 6 nitrogen and oxygen atoms in total. The summed E-state index contributed by atoms with van der Waals surface area (Å²) in [4.78, 5) is 11.7. The number of hydrogen-bond acceptors (Lipinski definition) is 5. The topological polar surface area (TPSA) is 81.7 Å². The van der Waals surface area contributed by atoms with Crippen molar-refractivity contribution in [1.82, 2.24) is 0 Å². The molecule has 0 aromatic heterocycles. The second-order valence-corrected chi connectivity index (χ2v) is 8.26. The number of rotatable bonds is 6. The van der Waals surface area contributed by atoms with Crippen LogP contribution in [0.5, 0.6) is 11.5 Å². The SMILES string of the molecule is COC(=O)c1ccccc1S(=O)(=O)Nc1ccccc1Oc1ccc(Cl)cc1Cl.